The van der Waals surface area contributed by atoms with Crippen molar-refractivity contribution in [2.45, 2.75) is 32.7 Å². The fourth-order valence-corrected chi connectivity index (χ4v) is 2.78. The van der Waals surface area contributed by atoms with Crippen molar-refractivity contribution in [2.75, 3.05) is 6.61 Å². The summed E-state index contributed by atoms with van der Waals surface area (Å²) >= 11 is 0. The molecule has 27 heavy (non-hydrogen) atoms. The quantitative estimate of drug-likeness (QED) is 0.502. The number of pyridine rings is 2. The Balaban J connectivity index is 1.72. The summed E-state index contributed by atoms with van der Waals surface area (Å²) in [6, 6.07) is 5.23. The van der Waals surface area contributed by atoms with Gasteiger partial charge in [0, 0.05) is 25.1 Å². The van der Waals surface area contributed by atoms with Gasteiger partial charge in [0.15, 0.2) is 0 Å². The maximum absolute atomic E-state index is 12.2. The average molecular weight is 368 g/mol. The predicted molar refractivity (Wildman–Crippen MR) is 99.8 cm³/mol. The van der Waals surface area contributed by atoms with E-state index in [-0.39, 0.29) is 23.2 Å². The molecule has 3 aromatic rings. The Morgan fingerprint density at radius 1 is 1.30 bits per heavy atom. The van der Waals surface area contributed by atoms with Gasteiger partial charge in [-0.3, -0.25) is 19.3 Å². The molecule has 0 aliphatic carbocycles. The first-order chi connectivity index (χ1) is 13.1. The van der Waals surface area contributed by atoms with Gasteiger partial charge in [0.1, 0.15) is 5.65 Å². The first-order valence-corrected chi connectivity index (χ1v) is 8.79. The van der Waals surface area contributed by atoms with Crippen molar-refractivity contribution in [3.63, 3.8) is 0 Å². The number of aromatic amines is 1. The van der Waals surface area contributed by atoms with Gasteiger partial charge in [-0.15, -0.1) is 0 Å². The Bertz CT molecular complexity index is 1060. The SMILES string of the molecule is CCCn1c(=O)[nH]c(=O)c2cc(C(=O)OCCCc3cccnc3)cnc21. The van der Waals surface area contributed by atoms with E-state index >= 15 is 0 Å². The van der Waals surface area contributed by atoms with Gasteiger partial charge in [0.2, 0.25) is 0 Å². The first-order valence-electron chi connectivity index (χ1n) is 8.79. The standard InChI is InChI=1S/C19H20N4O4/c1-2-8-23-16-15(17(24)22-19(23)26)10-14(12-21-16)18(25)27-9-4-6-13-5-3-7-20-11-13/h3,5,7,10-12H,2,4,6,8-9H2,1H3,(H,22,24,26). The second kappa shape index (κ2) is 8.39. The smallest absolute Gasteiger partial charge is 0.339 e. The normalized spacial score (nSPS) is 10.9. The minimum absolute atomic E-state index is 0.177. The Hall–Kier alpha value is -3.29. The number of hydrogen-bond acceptors (Lipinski definition) is 6. The zero-order valence-electron chi connectivity index (χ0n) is 15.0. The molecule has 3 aromatic heterocycles. The number of rotatable bonds is 7. The molecular weight excluding hydrogens is 348 g/mol. The van der Waals surface area contributed by atoms with Crippen LogP contribution in [0.4, 0.5) is 0 Å². The molecule has 0 amide bonds. The third kappa shape index (κ3) is 4.28. The van der Waals surface area contributed by atoms with Crippen LogP contribution in [0.15, 0.2) is 46.4 Å². The molecular formula is C19H20N4O4. The molecule has 0 saturated heterocycles. The molecule has 8 heteroatoms. The van der Waals surface area contributed by atoms with E-state index in [1.54, 1.807) is 12.4 Å². The number of aromatic nitrogens is 4. The number of H-pyrrole nitrogens is 1. The van der Waals surface area contributed by atoms with Gasteiger partial charge in [0.25, 0.3) is 5.56 Å². The van der Waals surface area contributed by atoms with Gasteiger partial charge in [0.05, 0.1) is 17.6 Å². The minimum atomic E-state index is -0.568. The molecule has 8 nitrogen and oxygen atoms in total. The molecule has 0 atom stereocenters. The fraction of sp³-hybridized carbons (Fsp3) is 0.316. The van der Waals surface area contributed by atoms with Crippen molar-refractivity contribution in [1.82, 2.24) is 19.5 Å². The molecule has 0 fully saturated rings. The number of nitrogens with one attached hydrogen (secondary N) is 1. The summed E-state index contributed by atoms with van der Waals surface area (Å²) < 4.78 is 6.65. The minimum Gasteiger partial charge on any atom is -0.462 e. The van der Waals surface area contributed by atoms with Crippen LogP contribution in [-0.4, -0.2) is 32.1 Å². The van der Waals surface area contributed by atoms with Crippen molar-refractivity contribution in [3.05, 3.63) is 68.8 Å². The van der Waals surface area contributed by atoms with E-state index in [9.17, 15) is 14.4 Å². The Morgan fingerprint density at radius 3 is 2.89 bits per heavy atom. The van der Waals surface area contributed by atoms with Gasteiger partial charge in [-0.1, -0.05) is 13.0 Å². The highest BCUT2D eigenvalue weighted by atomic mass is 16.5. The Kier molecular flexibility index (Phi) is 5.75. The molecule has 0 unspecified atom stereocenters. The van der Waals surface area contributed by atoms with Crippen LogP contribution in [0, 0.1) is 0 Å². The van der Waals surface area contributed by atoms with E-state index in [2.05, 4.69) is 15.0 Å². The maximum atomic E-state index is 12.2. The number of esters is 1. The highest BCUT2D eigenvalue weighted by molar-refractivity contribution is 5.92. The lowest BCUT2D eigenvalue weighted by Crippen LogP contribution is -2.31. The number of carbonyl (C=O) groups is 1. The summed E-state index contributed by atoms with van der Waals surface area (Å²) in [5, 5.41) is 0.188. The number of fused-ring (bicyclic) bond motifs is 1. The van der Waals surface area contributed by atoms with Crippen LogP contribution in [-0.2, 0) is 17.7 Å². The van der Waals surface area contributed by atoms with Crippen LogP contribution in [0.3, 0.4) is 0 Å². The molecule has 0 aliphatic rings. The first kappa shape index (κ1) is 18.5. The number of nitrogens with zero attached hydrogens (tertiary/aromatic N) is 3. The van der Waals surface area contributed by atoms with Crippen molar-refractivity contribution in [1.29, 1.82) is 0 Å². The lowest BCUT2D eigenvalue weighted by Gasteiger charge is -2.09. The molecule has 1 N–H and O–H groups in total. The van der Waals surface area contributed by atoms with Gasteiger partial charge in [-0.05, 0) is 37.0 Å². The molecule has 0 aliphatic heterocycles. The summed E-state index contributed by atoms with van der Waals surface area (Å²) in [7, 11) is 0. The molecule has 0 radical (unpaired) electrons. The average Bonchev–Trinajstić information content (AvgIpc) is 2.69. The molecule has 0 aromatic carbocycles. The summed E-state index contributed by atoms with van der Waals surface area (Å²) in [5.41, 5.74) is 0.435. The van der Waals surface area contributed by atoms with Gasteiger partial charge >= 0.3 is 11.7 Å². The van der Waals surface area contributed by atoms with Gasteiger partial charge < -0.3 is 4.74 Å². The van der Waals surface area contributed by atoms with Crippen LogP contribution in [0.5, 0.6) is 0 Å². The molecule has 0 saturated carbocycles. The largest absolute Gasteiger partial charge is 0.462 e. The van der Waals surface area contributed by atoms with Crippen molar-refractivity contribution >= 4 is 17.0 Å². The van der Waals surface area contributed by atoms with Gasteiger partial charge in [-0.2, -0.15) is 0 Å². The molecule has 140 valence electrons. The van der Waals surface area contributed by atoms with Crippen LogP contribution >= 0.6 is 0 Å². The number of ether oxygens (including phenoxy) is 1. The van der Waals surface area contributed by atoms with Crippen LogP contribution in [0.1, 0.15) is 35.7 Å². The van der Waals surface area contributed by atoms with Crippen molar-refractivity contribution in [3.8, 4) is 0 Å². The zero-order chi connectivity index (χ0) is 19.2. The van der Waals surface area contributed by atoms with Gasteiger partial charge in [-0.25, -0.2) is 14.6 Å². The van der Waals surface area contributed by atoms with E-state index in [0.29, 0.717) is 19.4 Å². The third-order valence-corrected chi connectivity index (χ3v) is 4.08. The van der Waals surface area contributed by atoms with Crippen LogP contribution in [0.2, 0.25) is 0 Å². The summed E-state index contributed by atoms with van der Waals surface area (Å²) in [5.74, 6) is -0.553. The van der Waals surface area contributed by atoms with E-state index < -0.39 is 17.2 Å². The zero-order valence-corrected chi connectivity index (χ0v) is 15.0. The fourth-order valence-electron chi connectivity index (χ4n) is 2.78. The van der Waals surface area contributed by atoms with Crippen molar-refractivity contribution < 1.29 is 9.53 Å². The second-order valence-electron chi connectivity index (χ2n) is 6.11. The van der Waals surface area contributed by atoms with Crippen LogP contribution < -0.4 is 11.2 Å². The summed E-state index contributed by atoms with van der Waals surface area (Å²) in [6.45, 7) is 2.59. The molecule has 0 spiro atoms. The Morgan fingerprint density at radius 2 is 2.15 bits per heavy atom. The summed E-state index contributed by atoms with van der Waals surface area (Å²) in [4.78, 5) is 46.7. The van der Waals surface area contributed by atoms with E-state index in [4.69, 9.17) is 4.74 Å². The second-order valence-corrected chi connectivity index (χ2v) is 6.11. The molecule has 3 heterocycles. The molecule has 3 rings (SSSR count). The monoisotopic (exact) mass is 368 g/mol. The number of hydrogen-bond donors (Lipinski definition) is 1. The number of carbonyl (C=O) groups excluding carboxylic acids is 1. The van der Waals surface area contributed by atoms with Crippen molar-refractivity contribution in [2.24, 2.45) is 0 Å². The maximum Gasteiger partial charge on any atom is 0.339 e. The highest BCUT2D eigenvalue weighted by Gasteiger charge is 2.13. The predicted octanol–water partition coefficient (Wildman–Crippen LogP) is 1.68. The number of aryl methyl sites for hydroxylation is 2. The topological polar surface area (TPSA) is 107 Å². The lowest BCUT2D eigenvalue weighted by molar-refractivity contribution is 0.0500. The third-order valence-electron chi connectivity index (χ3n) is 4.08. The lowest BCUT2D eigenvalue weighted by atomic mass is 10.2. The highest BCUT2D eigenvalue weighted by Crippen LogP contribution is 2.10. The van der Waals surface area contributed by atoms with E-state index in [0.717, 1.165) is 12.0 Å². The molecule has 0 bridgehead atoms. The summed E-state index contributed by atoms with van der Waals surface area (Å²) in [6.07, 6.45) is 6.94. The Labute approximate surface area is 154 Å². The van der Waals surface area contributed by atoms with Crippen LogP contribution in [0.25, 0.3) is 11.0 Å². The van der Waals surface area contributed by atoms with E-state index in [1.807, 2.05) is 19.1 Å². The van der Waals surface area contributed by atoms with E-state index in [1.165, 1.54) is 16.8 Å².